The van der Waals surface area contributed by atoms with Crippen molar-refractivity contribution in [3.8, 4) is 11.1 Å². The first-order chi connectivity index (χ1) is 13.8. The van der Waals surface area contributed by atoms with Gasteiger partial charge in [0.2, 0.25) is 0 Å². The largest absolute Gasteiger partial charge is 0.389 e. The van der Waals surface area contributed by atoms with Crippen molar-refractivity contribution < 1.29 is 13.2 Å². The quantitative estimate of drug-likeness (QED) is 0.450. The van der Waals surface area contributed by atoms with Gasteiger partial charge in [0.15, 0.2) is 0 Å². The molecule has 29 heavy (non-hydrogen) atoms. The van der Waals surface area contributed by atoms with Crippen LogP contribution in [0.4, 0.5) is 19.0 Å². The van der Waals surface area contributed by atoms with E-state index in [1.807, 2.05) is 29.2 Å². The van der Waals surface area contributed by atoms with E-state index in [1.54, 1.807) is 12.1 Å². The van der Waals surface area contributed by atoms with Gasteiger partial charge in [-0.3, -0.25) is 0 Å². The van der Waals surface area contributed by atoms with E-state index in [4.69, 9.17) is 23.2 Å². The molecule has 1 aromatic heterocycles. The molecule has 0 spiro atoms. The van der Waals surface area contributed by atoms with Crippen LogP contribution in [0, 0.1) is 5.92 Å². The second-order valence-corrected chi connectivity index (χ2v) is 8.11. The minimum absolute atomic E-state index is 0.321. The predicted octanol–water partition coefficient (Wildman–Crippen LogP) is 6.77. The Morgan fingerprint density at radius 1 is 1.07 bits per heavy atom. The zero-order chi connectivity index (χ0) is 20.6. The smallest absolute Gasteiger partial charge is 0.356 e. The second-order valence-electron chi connectivity index (χ2n) is 7.30. The molecule has 8 heteroatoms. The average molecular weight is 440 g/mol. The summed E-state index contributed by atoms with van der Waals surface area (Å²) in [5.41, 5.74) is 2.45. The Balaban J connectivity index is 1.78. The zero-order valence-corrected chi connectivity index (χ0v) is 16.9. The Bertz CT molecular complexity index is 1030. The van der Waals surface area contributed by atoms with E-state index in [1.165, 1.54) is 6.33 Å². The van der Waals surface area contributed by atoms with Gasteiger partial charge in [-0.2, -0.15) is 13.2 Å². The number of hydrogen-bond acceptors (Lipinski definition) is 3. The Kier molecular flexibility index (Phi) is 5.58. The SMILES string of the molecule is FC(F)(F)C[C@@H]1CCCN(c2ncnc3cccc(-c4ccc(Cl)c(Cl)c4)c23)C1. The summed E-state index contributed by atoms with van der Waals surface area (Å²) in [4.78, 5) is 10.8. The third kappa shape index (κ3) is 4.43. The first-order valence-electron chi connectivity index (χ1n) is 9.32. The lowest BCUT2D eigenvalue weighted by Gasteiger charge is -2.34. The van der Waals surface area contributed by atoms with Crippen LogP contribution < -0.4 is 4.90 Å². The Morgan fingerprint density at radius 2 is 1.90 bits per heavy atom. The number of hydrogen-bond donors (Lipinski definition) is 0. The van der Waals surface area contributed by atoms with Crippen molar-refractivity contribution in [1.29, 1.82) is 0 Å². The van der Waals surface area contributed by atoms with E-state index < -0.39 is 18.5 Å². The molecule has 2 aromatic carbocycles. The highest BCUT2D eigenvalue weighted by Crippen LogP contribution is 2.38. The number of rotatable bonds is 3. The fourth-order valence-electron chi connectivity index (χ4n) is 3.99. The van der Waals surface area contributed by atoms with E-state index in [-0.39, 0.29) is 0 Å². The molecule has 2 heterocycles. The van der Waals surface area contributed by atoms with Crippen LogP contribution in [-0.2, 0) is 0 Å². The molecule has 4 rings (SSSR count). The van der Waals surface area contributed by atoms with E-state index >= 15 is 0 Å². The van der Waals surface area contributed by atoms with Gasteiger partial charge in [0.25, 0.3) is 0 Å². The van der Waals surface area contributed by atoms with Gasteiger partial charge in [-0.25, -0.2) is 9.97 Å². The fourth-order valence-corrected chi connectivity index (χ4v) is 4.29. The van der Waals surface area contributed by atoms with Gasteiger partial charge in [0.05, 0.1) is 20.9 Å². The molecule has 152 valence electrons. The van der Waals surface area contributed by atoms with Gasteiger partial charge in [-0.15, -0.1) is 0 Å². The van der Waals surface area contributed by atoms with Crippen LogP contribution in [-0.4, -0.2) is 29.2 Å². The molecular weight excluding hydrogens is 422 g/mol. The van der Waals surface area contributed by atoms with Crippen LogP contribution in [0.2, 0.25) is 10.0 Å². The molecule has 3 aromatic rings. The number of fused-ring (bicyclic) bond motifs is 1. The summed E-state index contributed by atoms with van der Waals surface area (Å²) in [6, 6.07) is 11.1. The standard InChI is InChI=1S/C21H18Cl2F3N3/c22-16-7-6-14(9-17(16)23)15-4-1-5-18-19(15)20(28-12-27-18)29-8-2-3-13(11-29)10-21(24,25)26/h1,4-7,9,12-13H,2-3,8,10-11H2/t13-/m0/s1. The third-order valence-corrected chi connectivity index (χ3v) is 5.95. The summed E-state index contributed by atoms with van der Waals surface area (Å²) in [6.45, 7) is 0.984. The highest BCUT2D eigenvalue weighted by Gasteiger charge is 2.34. The molecule has 1 saturated heterocycles. The lowest BCUT2D eigenvalue weighted by atomic mass is 9.93. The minimum atomic E-state index is -4.16. The van der Waals surface area contributed by atoms with Gasteiger partial charge < -0.3 is 4.90 Å². The number of piperidine rings is 1. The molecule has 1 aliphatic heterocycles. The number of nitrogens with zero attached hydrogens (tertiary/aromatic N) is 3. The van der Waals surface area contributed by atoms with E-state index in [9.17, 15) is 13.2 Å². The van der Waals surface area contributed by atoms with Crippen molar-refractivity contribution >= 4 is 39.9 Å². The molecule has 1 fully saturated rings. The van der Waals surface area contributed by atoms with Crippen LogP contribution in [0.15, 0.2) is 42.7 Å². The van der Waals surface area contributed by atoms with Crippen molar-refractivity contribution in [3.63, 3.8) is 0 Å². The summed E-state index contributed by atoms with van der Waals surface area (Å²) in [5, 5.41) is 1.70. The number of anilines is 1. The summed E-state index contributed by atoms with van der Waals surface area (Å²) in [7, 11) is 0. The highest BCUT2D eigenvalue weighted by molar-refractivity contribution is 6.42. The Morgan fingerprint density at radius 3 is 2.66 bits per heavy atom. The monoisotopic (exact) mass is 439 g/mol. The van der Waals surface area contributed by atoms with Crippen molar-refractivity contribution in [2.75, 3.05) is 18.0 Å². The molecule has 0 unspecified atom stereocenters. The summed E-state index contributed by atoms with van der Waals surface area (Å²) in [6.07, 6.45) is -2.21. The van der Waals surface area contributed by atoms with Gasteiger partial charge in [0, 0.05) is 19.5 Å². The van der Waals surface area contributed by atoms with Crippen LogP contribution >= 0.6 is 23.2 Å². The number of alkyl halides is 3. The van der Waals surface area contributed by atoms with Gasteiger partial charge in [-0.1, -0.05) is 41.4 Å². The third-order valence-electron chi connectivity index (χ3n) is 5.21. The van der Waals surface area contributed by atoms with Crippen molar-refractivity contribution in [3.05, 3.63) is 52.8 Å². The minimum Gasteiger partial charge on any atom is -0.356 e. The number of halogens is 5. The van der Waals surface area contributed by atoms with Crippen LogP contribution in [0.3, 0.4) is 0 Å². The van der Waals surface area contributed by atoms with Gasteiger partial charge in [0.1, 0.15) is 12.1 Å². The molecule has 0 aliphatic carbocycles. The lowest BCUT2D eigenvalue weighted by molar-refractivity contribution is -0.144. The van der Waals surface area contributed by atoms with Crippen LogP contribution in [0.1, 0.15) is 19.3 Å². The maximum atomic E-state index is 12.9. The molecule has 0 saturated carbocycles. The van der Waals surface area contributed by atoms with Gasteiger partial charge >= 0.3 is 6.18 Å². The summed E-state index contributed by atoms with van der Waals surface area (Å²) in [5.74, 6) is 0.217. The van der Waals surface area contributed by atoms with E-state index in [0.29, 0.717) is 41.8 Å². The topological polar surface area (TPSA) is 29.0 Å². The van der Waals surface area contributed by atoms with Crippen molar-refractivity contribution in [2.45, 2.75) is 25.4 Å². The van der Waals surface area contributed by atoms with Crippen molar-refractivity contribution in [1.82, 2.24) is 9.97 Å². The fraction of sp³-hybridized carbons (Fsp3) is 0.333. The summed E-state index contributed by atoms with van der Waals surface area (Å²) >= 11 is 12.3. The maximum absolute atomic E-state index is 12.9. The Labute approximate surface area is 176 Å². The first-order valence-corrected chi connectivity index (χ1v) is 10.1. The lowest BCUT2D eigenvalue weighted by Crippen LogP contribution is -2.37. The molecule has 0 N–H and O–H groups in total. The van der Waals surface area contributed by atoms with Crippen LogP contribution in [0.5, 0.6) is 0 Å². The highest BCUT2D eigenvalue weighted by atomic mass is 35.5. The number of benzene rings is 2. The first kappa shape index (κ1) is 20.2. The van der Waals surface area contributed by atoms with E-state index in [0.717, 1.165) is 22.0 Å². The maximum Gasteiger partial charge on any atom is 0.389 e. The van der Waals surface area contributed by atoms with Crippen molar-refractivity contribution in [2.24, 2.45) is 5.92 Å². The molecule has 3 nitrogen and oxygen atoms in total. The predicted molar refractivity (Wildman–Crippen MR) is 111 cm³/mol. The normalized spacial score (nSPS) is 17.7. The second kappa shape index (κ2) is 8.00. The molecule has 0 bridgehead atoms. The van der Waals surface area contributed by atoms with Crippen LogP contribution in [0.25, 0.3) is 22.0 Å². The molecule has 1 atom stereocenters. The molecule has 0 radical (unpaired) electrons. The Hall–Kier alpha value is -2.05. The average Bonchev–Trinajstić information content (AvgIpc) is 2.68. The van der Waals surface area contributed by atoms with Gasteiger partial charge in [-0.05, 0) is 48.1 Å². The summed E-state index contributed by atoms with van der Waals surface area (Å²) < 4.78 is 38.7. The zero-order valence-electron chi connectivity index (χ0n) is 15.4. The number of aromatic nitrogens is 2. The molecule has 0 amide bonds. The molecule has 1 aliphatic rings. The van der Waals surface area contributed by atoms with E-state index in [2.05, 4.69) is 9.97 Å². The molecular formula is C21H18Cl2F3N3.